The predicted octanol–water partition coefficient (Wildman–Crippen LogP) is 2.92. The van der Waals surface area contributed by atoms with Crippen LogP contribution in [0.25, 0.3) is 0 Å². The van der Waals surface area contributed by atoms with Crippen molar-refractivity contribution in [1.82, 2.24) is 0 Å². The van der Waals surface area contributed by atoms with Crippen molar-refractivity contribution >= 4 is 18.5 Å². The van der Waals surface area contributed by atoms with Gasteiger partial charge in [0.2, 0.25) is 0 Å². The fourth-order valence-corrected chi connectivity index (χ4v) is 0.956. The molecule has 0 saturated carbocycles. The van der Waals surface area contributed by atoms with Gasteiger partial charge < -0.3 is 14.7 Å². The first-order valence-corrected chi connectivity index (χ1v) is 7.97. The number of benzene rings is 2. The molecule has 3 nitrogen and oxygen atoms in total. The van der Waals surface area contributed by atoms with Gasteiger partial charge in [-0.3, -0.25) is 0 Å². The molecule has 0 amide bonds. The zero-order valence-electron chi connectivity index (χ0n) is 11.1. The minimum atomic E-state index is -3.81. The standard InChI is InChI=1S/2C7H7.H3O3PS.Zn/c2*1-7-5-3-2-4-6-7;1-4(2,3)5;/h2*2-6H,1H2;(H3,1,2,3,5);/q2*-1;;+2. The summed E-state index contributed by atoms with van der Waals surface area (Å²) in [5, 5.41) is 0. The molecule has 2 aromatic carbocycles. The van der Waals surface area contributed by atoms with Crippen LogP contribution in [0.1, 0.15) is 11.1 Å². The molecule has 0 aliphatic rings. The maximum Gasteiger partial charge on any atom is 2.00 e. The zero-order valence-corrected chi connectivity index (χ0v) is 15.8. The second kappa shape index (κ2) is 12.1. The summed E-state index contributed by atoms with van der Waals surface area (Å²) < 4.78 is 0. The third kappa shape index (κ3) is 19.7. The van der Waals surface area contributed by atoms with Gasteiger partial charge in [0, 0.05) is 0 Å². The minimum Gasteiger partial charge on any atom is -0.325 e. The Morgan fingerprint density at radius 1 is 0.700 bits per heavy atom. The molecule has 0 heterocycles. The first kappa shape index (κ1) is 21.6. The molecule has 0 aliphatic carbocycles. The normalized spacial score (nSPS) is 8.95. The molecule has 3 N–H and O–H groups in total. The van der Waals surface area contributed by atoms with Crippen LogP contribution in [0.15, 0.2) is 60.7 Å². The van der Waals surface area contributed by atoms with Gasteiger partial charge in [0.1, 0.15) is 0 Å². The van der Waals surface area contributed by atoms with E-state index in [2.05, 4.69) is 25.7 Å². The van der Waals surface area contributed by atoms with Crippen LogP contribution in [-0.4, -0.2) is 14.7 Å². The van der Waals surface area contributed by atoms with Crippen molar-refractivity contribution in [2.24, 2.45) is 0 Å². The molecular formula is C14H17O3PSZn. The molecule has 0 bridgehead atoms. The Balaban J connectivity index is 0. The van der Waals surface area contributed by atoms with Gasteiger partial charge >= 0.3 is 26.2 Å². The van der Waals surface area contributed by atoms with Crippen LogP contribution in [0.3, 0.4) is 0 Å². The molecular weight excluding hydrogens is 345 g/mol. The van der Waals surface area contributed by atoms with E-state index < -0.39 is 6.72 Å². The summed E-state index contributed by atoms with van der Waals surface area (Å²) in [5.41, 5.74) is 2.14. The summed E-state index contributed by atoms with van der Waals surface area (Å²) in [6.07, 6.45) is 0. The van der Waals surface area contributed by atoms with E-state index in [1.165, 1.54) is 0 Å². The largest absolute Gasteiger partial charge is 2.00 e. The van der Waals surface area contributed by atoms with Crippen LogP contribution >= 0.6 is 6.72 Å². The third-order valence-electron chi connectivity index (χ3n) is 1.69. The maximum absolute atomic E-state index is 7.56. The van der Waals surface area contributed by atoms with E-state index in [0.717, 1.165) is 11.1 Å². The Kier molecular flexibility index (Phi) is 13.1. The van der Waals surface area contributed by atoms with Crippen molar-refractivity contribution in [3.63, 3.8) is 0 Å². The van der Waals surface area contributed by atoms with Gasteiger partial charge in [-0.1, -0.05) is 12.1 Å². The molecule has 0 unspecified atom stereocenters. The van der Waals surface area contributed by atoms with Crippen LogP contribution in [0.2, 0.25) is 0 Å². The average molecular weight is 362 g/mol. The summed E-state index contributed by atoms with van der Waals surface area (Å²) in [6, 6.07) is 19.7. The second-order valence-electron chi connectivity index (χ2n) is 3.48. The Bertz CT molecular complexity index is 443. The zero-order chi connectivity index (χ0) is 14.7. The van der Waals surface area contributed by atoms with Crippen LogP contribution < -0.4 is 0 Å². The Morgan fingerprint density at radius 2 is 0.900 bits per heavy atom. The van der Waals surface area contributed by atoms with E-state index in [-0.39, 0.29) is 19.5 Å². The van der Waals surface area contributed by atoms with E-state index in [0.29, 0.717) is 0 Å². The second-order valence-corrected chi connectivity index (χ2v) is 5.98. The molecule has 0 fully saturated rings. The molecule has 104 valence electrons. The van der Waals surface area contributed by atoms with Crippen molar-refractivity contribution in [2.45, 2.75) is 0 Å². The van der Waals surface area contributed by atoms with Crippen molar-refractivity contribution in [1.29, 1.82) is 0 Å². The minimum absolute atomic E-state index is 0. The molecule has 2 aromatic rings. The predicted molar refractivity (Wildman–Crippen MR) is 82.7 cm³/mol. The SMILES string of the molecule is OP(O)(O)=S.[CH2-]c1ccccc1.[CH2-]c1ccccc1.[Zn+2]. The molecule has 0 radical (unpaired) electrons. The summed E-state index contributed by atoms with van der Waals surface area (Å²) >= 11 is 3.60. The number of hydrogen-bond acceptors (Lipinski definition) is 1. The Morgan fingerprint density at radius 3 is 1.00 bits per heavy atom. The molecule has 6 heteroatoms. The van der Waals surface area contributed by atoms with Crippen molar-refractivity contribution < 1.29 is 34.2 Å². The van der Waals surface area contributed by atoms with Crippen molar-refractivity contribution in [3.8, 4) is 0 Å². The van der Waals surface area contributed by atoms with Gasteiger partial charge in [0.15, 0.2) is 0 Å². The van der Waals surface area contributed by atoms with E-state index in [9.17, 15) is 0 Å². The van der Waals surface area contributed by atoms with Crippen LogP contribution in [0.5, 0.6) is 0 Å². The van der Waals surface area contributed by atoms with E-state index in [4.69, 9.17) is 14.7 Å². The summed E-state index contributed by atoms with van der Waals surface area (Å²) in [6.45, 7) is 3.64. The van der Waals surface area contributed by atoms with E-state index >= 15 is 0 Å². The fraction of sp³-hybridized carbons (Fsp3) is 0. The summed E-state index contributed by atoms with van der Waals surface area (Å²) in [7, 11) is 0. The monoisotopic (exact) mass is 360 g/mol. The summed E-state index contributed by atoms with van der Waals surface area (Å²) in [5.74, 6) is 0. The summed E-state index contributed by atoms with van der Waals surface area (Å²) in [4.78, 5) is 22.7. The van der Waals surface area contributed by atoms with Gasteiger partial charge in [0.05, 0.1) is 0 Å². The Labute approximate surface area is 138 Å². The van der Waals surface area contributed by atoms with Crippen molar-refractivity contribution in [2.75, 3.05) is 0 Å². The van der Waals surface area contributed by atoms with Gasteiger partial charge in [-0.15, -0.1) is 24.3 Å². The molecule has 20 heavy (non-hydrogen) atoms. The van der Waals surface area contributed by atoms with Crippen molar-refractivity contribution in [3.05, 3.63) is 85.6 Å². The number of hydrogen-bond donors (Lipinski definition) is 3. The quantitative estimate of drug-likeness (QED) is 0.383. The van der Waals surface area contributed by atoms with Crippen LogP contribution in [0.4, 0.5) is 0 Å². The van der Waals surface area contributed by atoms with Gasteiger partial charge in [-0.25, -0.2) is 0 Å². The third-order valence-corrected chi connectivity index (χ3v) is 1.69. The topological polar surface area (TPSA) is 60.7 Å². The molecule has 0 aromatic heterocycles. The maximum atomic E-state index is 7.56. The number of rotatable bonds is 0. The van der Waals surface area contributed by atoms with Gasteiger partial charge in [0.25, 0.3) is 0 Å². The smallest absolute Gasteiger partial charge is 0.325 e. The first-order chi connectivity index (χ1) is 8.79. The average Bonchev–Trinajstić information content (AvgIpc) is 2.29. The fourth-order valence-electron chi connectivity index (χ4n) is 0.956. The molecule has 0 aliphatic heterocycles. The molecule has 0 atom stereocenters. The first-order valence-electron chi connectivity index (χ1n) is 5.31. The molecule has 0 saturated heterocycles. The van der Waals surface area contributed by atoms with Gasteiger partial charge in [-0.2, -0.15) is 49.2 Å². The van der Waals surface area contributed by atoms with Crippen LogP contribution in [-0.2, 0) is 31.3 Å². The van der Waals surface area contributed by atoms with E-state index in [1.54, 1.807) is 0 Å². The van der Waals surface area contributed by atoms with Crippen LogP contribution in [0, 0.1) is 13.8 Å². The Hall–Kier alpha value is -0.667. The van der Waals surface area contributed by atoms with E-state index in [1.807, 2.05) is 60.7 Å². The molecule has 0 spiro atoms. The molecule has 2 rings (SSSR count). The van der Waals surface area contributed by atoms with Gasteiger partial charge in [-0.05, 0) is 11.8 Å².